The van der Waals surface area contributed by atoms with E-state index in [1.807, 2.05) is 30.5 Å². The molecule has 0 unspecified atom stereocenters. The van der Waals surface area contributed by atoms with E-state index in [2.05, 4.69) is 96.1 Å². The van der Waals surface area contributed by atoms with Gasteiger partial charge in [-0.25, -0.2) is 4.98 Å². The molecule has 3 nitrogen and oxygen atoms in total. The molecule has 0 aliphatic heterocycles. The monoisotopic (exact) mass is 542 g/mol. The number of hydrogen-bond donors (Lipinski definition) is 1. The first-order valence-electron chi connectivity index (χ1n) is 13.7. The fraction of sp³-hybridized carbons (Fsp3) is 0.222. The van der Waals surface area contributed by atoms with E-state index in [-0.39, 0.29) is 16.6 Å². The Bertz CT molecular complexity index is 1890. The molecule has 200 valence electrons. The molecule has 0 aliphatic rings. The molecular formula is C36H34N2OS. The second-order valence-corrected chi connectivity index (χ2v) is 13.6. The van der Waals surface area contributed by atoms with Gasteiger partial charge in [-0.3, -0.25) is 4.98 Å². The Hall–Kier alpha value is -4.02. The molecule has 4 heteroatoms. The quantitative estimate of drug-likeness (QED) is 0.242. The third kappa shape index (κ3) is 4.77. The summed E-state index contributed by atoms with van der Waals surface area (Å²) < 4.78 is 1.12. The van der Waals surface area contributed by atoms with Gasteiger partial charge in [-0.05, 0) is 69.3 Å². The number of aromatic hydroxyl groups is 1. The molecule has 0 amide bonds. The number of fused-ring (bicyclic) bond motifs is 2. The van der Waals surface area contributed by atoms with E-state index in [9.17, 15) is 5.11 Å². The highest BCUT2D eigenvalue weighted by Gasteiger charge is 2.25. The zero-order chi connectivity index (χ0) is 28.2. The molecule has 2 heterocycles. The van der Waals surface area contributed by atoms with Crippen molar-refractivity contribution in [3.8, 4) is 38.7 Å². The number of hydrogen-bond acceptors (Lipinski definition) is 4. The lowest BCUT2D eigenvalue weighted by atomic mass is 9.79. The Morgan fingerprint density at radius 1 is 0.675 bits per heavy atom. The largest absolute Gasteiger partial charge is 0.507 e. The van der Waals surface area contributed by atoms with E-state index in [0.29, 0.717) is 0 Å². The predicted octanol–water partition coefficient (Wildman–Crippen LogP) is 10.1. The highest BCUT2D eigenvalue weighted by molar-refractivity contribution is 7.21. The van der Waals surface area contributed by atoms with Gasteiger partial charge in [0.05, 0.1) is 21.5 Å². The maximum atomic E-state index is 10.6. The van der Waals surface area contributed by atoms with Gasteiger partial charge < -0.3 is 5.11 Å². The molecule has 0 radical (unpaired) electrons. The molecule has 0 fully saturated rings. The highest BCUT2D eigenvalue weighted by atomic mass is 32.1. The summed E-state index contributed by atoms with van der Waals surface area (Å²) in [5.74, 6) is 0.249. The van der Waals surface area contributed by atoms with Crippen molar-refractivity contribution in [1.82, 2.24) is 9.97 Å². The second kappa shape index (κ2) is 9.57. The van der Waals surface area contributed by atoms with Crippen LogP contribution in [0.4, 0.5) is 0 Å². The zero-order valence-electron chi connectivity index (χ0n) is 23.9. The lowest BCUT2D eigenvalue weighted by Crippen LogP contribution is -2.14. The molecule has 6 rings (SSSR count). The SMILES string of the molecule is CC(C)(C)c1cc(-c2cc(-c3cc4ccccc4cn3)ccc2C(C)(C)C)c2nc(-c3ccccc3O)sc2c1. The first-order valence-corrected chi connectivity index (χ1v) is 14.5. The van der Waals surface area contributed by atoms with E-state index in [0.717, 1.165) is 43.0 Å². The summed E-state index contributed by atoms with van der Waals surface area (Å²) in [7, 11) is 0. The Morgan fingerprint density at radius 3 is 2.12 bits per heavy atom. The standard InChI is InChI=1S/C36H34N2OS/c1-35(2,3)25-19-28(33-32(20-25)40-34(38-33)26-13-9-10-14-31(26)39)27-17-23(15-16-29(27)36(4,5)6)30-18-22-11-7-8-12-24(22)21-37-30/h7-21,39H,1-6H3. The third-order valence-electron chi connectivity index (χ3n) is 7.54. The highest BCUT2D eigenvalue weighted by Crippen LogP contribution is 2.44. The molecule has 0 saturated carbocycles. The van der Waals surface area contributed by atoms with Crippen LogP contribution in [0.5, 0.6) is 5.75 Å². The summed E-state index contributed by atoms with van der Waals surface area (Å²) in [5.41, 5.74) is 8.46. The van der Waals surface area contributed by atoms with Gasteiger partial charge in [0.15, 0.2) is 0 Å². The molecule has 0 atom stereocenters. The average Bonchev–Trinajstić information content (AvgIpc) is 3.35. The summed E-state index contributed by atoms with van der Waals surface area (Å²) in [5, 5.41) is 13.7. The molecule has 0 bridgehead atoms. The predicted molar refractivity (Wildman–Crippen MR) is 170 cm³/mol. The zero-order valence-corrected chi connectivity index (χ0v) is 24.7. The van der Waals surface area contributed by atoms with Crippen molar-refractivity contribution in [2.45, 2.75) is 52.4 Å². The van der Waals surface area contributed by atoms with Crippen LogP contribution in [0.2, 0.25) is 0 Å². The van der Waals surface area contributed by atoms with Gasteiger partial charge in [-0.1, -0.05) is 90.1 Å². The van der Waals surface area contributed by atoms with Crippen molar-refractivity contribution in [2.75, 3.05) is 0 Å². The van der Waals surface area contributed by atoms with Crippen molar-refractivity contribution in [1.29, 1.82) is 0 Å². The van der Waals surface area contributed by atoms with E-state index in [1.54, 1.807) is 17.4 Å². The minimum Gasteiger partial charge on any atom is -0.507 e. The van der Waals surface area contributed by atoms with E-state index in [4.69, 9.17) is 9.97 Å². The van der Waals surface area contributed by atoms with Crippen LogP contribution < -0.4 is 0 Å². The van der Waals surface area contributed by atoms with Crippen LogP contribution in [0, 0.1) is 0 Å². The number of aromatic nitrogens is 2. The summed E-state index contributed by atoms with van der Waals surface area (Å²) in [6, 6.07) is 29.3. The summed E-state index contributed by atoms with van der Waals surface area (Å²) in [6.07, 6.45) is 1.96. The molecule has 2 aromatic heterocycles. The summed E-state index contributed by atoms with van der Waals surface area (Å²) >= 11 is 1.64. The molecule has 0 spiro atoms. The number of phenolic OH excluding ortho intramolecular Hbond substituents is 1. The molecule has 0 aliphatic carbocycles. The van der Waals surface area contributed by atoms with Crippen molar-refractivity contribution in [2.24, 2.45) is 0 Å². The maximum Gasteiger partial charge on any atom is 0.128 e. The molecular weight excluding hydrogens is 508 g/mol. The van der Waals surface area contributed by atoms with E-state index in [1.165, 1.54) is 22.1 Å². The van der Waals surface area contributed by atoms with Gasteiger partial charge in [-0.15, -0.1) is 11.3 Å². The molecule has 0 saturated heterocycles. The molecule has 1 N–H and O–H groups in total. The molecule has 4 aromatic carbocycles. The van der Waals surface area contributed by atoms with Gasteiger partial charge in [0.25, 0.3) is 0 Å². The van der Waals surface area contributed by atoms with Crippen molar-refractivity contribution in [3.05, 3.63) is 102 Å². The number of pyridine rings is 1. The van der Waals surface area contributed by atoms with Crippen LogP contribution >= 0.6 is 11.3 Å². The van der Waals surface area contributed by atoms with Crippen molar-refractivity contribution < 1.29 is 5.11 Å². The first kappa shape index (κ1) is 26.2. The Morgan fingerprint density at radius 2 is 1.40 bits per heavy atom. The van der Waals surface area contributed by atoms with Gasteiger partial charge in [-0.2, -0.15) is 0 Å². The Balaban J connectivity index is 1.64. The Labute approximate surface area is 240 Å². The number of para-hydroxylation sites is 1. The number of thiazole rings is 1. The van der Waals surface area contributed by atoms with Gasteiger partial charge in [0.2, 0.25) is 0 Å². The van der Waals surface area contributed by atoms with E-state index >= 15 is 0 Å². The number of phenols is 1. The van der Waals surface area contributed by atoms with Crippen molar-refractivity contribution in [3.63, 3.8) is 0 Å². The van der Waals surface area contributed by atoms with E-state index < -0.39 is 0 Å². The average molecular weight is 543 g/mol. The second-order valence-electron chi connectivity index (χ2n) is 12.6. The van der Waals surface area contributed by atoms with Crippen LogP contribution in [0.1, 0.15) is 52.7 Å². The minimum absolute atomic E-state index is 0.0403. The third-order valence-corrected chi connectivity index (χ3v) is 8.58. The Kier molecular flexibility index (Phi) is 6.27. The molecule has 40 heavy (non-hydrogen) atoms. The van der Waals surface area contributed by atoms with Crippen molar-refractivity contribution >= 4 is 32.3 Å². The minimum atomic E-state index is -0.0781. The normalized spacial score (nSPS) is 12.3. The van der Waals surface area contributed by atoms with Crippen LogP contribution in [0.3, 0.4) is 0 Å². The van der Waals surface area contributed by atoms with Crippen LogP contribution in [-0.4, -0.2) is 15.1 Å². The van der Waals surface area contributed by atoms with Crippen LogP contribution in [0.15, 0.2) is 91.1 Å². The van der Waals surface area contributed by atoms with Gasteiger partial charge >= 0.3 is 0 Å². The fourth-order valence-corrected chi connectivity index (χ4v) is 6.33. The number of nitrogens with zero attached hydrogens (tertiary/aromatic N) is 2. The smallest absolute Gasteiger partial charge is 0.128 e. The summed E-state index contributed by atoms with van der Waals surface area (Å²) in [6.45, 7) is 13.5. The first-order chi connectivity index (χ1) is 19.0. The number of benzene rings is 4. The summed E-state index contributed by atoms with van der Waals surface area (Å²) in [4.78, 5) is 9.99. The fourth-order valence-electron chi connectivity index (χ4n) is 5.26. The topological polar surface area (TPSA) is 46.0 Å². The van der Waals surface area contributed by atoms with Crippen LogP contribution in [-0.2, 0) is 10.8 Å². The van der Waals surface area contributed by atoms with Gasteiger partial charge in [0, 0.05) is 22.7 Å². The maximum absolute atomic E-state index is 10.6. The van der Waals surface area contributed by atoms with Gasteiger partial charge in [0.1, 0.15) is 10.8 Å². The lowest BCUT2D eigenvalue weighted by Gasteiger charge is -2.26. The lowest BCUT2D eigenvalue weighted by molar-refractivity contribution is 0.477. The van der Waals surface area contributed by atoms with Crippen LogP contribution in [0.25, 0.3) is 53.9 Å². The molecule has 6 aromatic rings. The number of rotatable bonds is 3.